The van der Waals surface area contributed by atoms with E-state index in [1.807, 2.05) is 0 Å². The Balaban J connectivity index is 2.13. The van der Waals surface area contributed by atoms with Gasteiger partial charge in [-0.05, 0) is 26.0 Å². The van der Waals surface area contributed by atoms with Crippen molar-refractivity contribution in [2.75, 3.05) is 19.4 Å². The number of nitrogens with zero attached hydrogens (tertiary/aromatic N) is 3. The van der Waals surface area contributed by atoms with Crippen LogP contribution in [0.3, 0.4) is 0 Å². The molecule has 2 rings (SSSR count). The topological polar surface area (TPSA) is 84.3 Å². The summed E-state index contributed by atoms with van der Waals surface area (Å²) < 4.78 is 53.9. The average molecular weight is 386 g/mol. The molecule has 1 amide bonds. The maximum atomic E-state index is 13.6. The zero-order chi connectivity index (χ0) is 19.6. The van der Waals surface area contributed by atoms with E-state index in [1.54, 1.807) is 13.8 Å². The second kappa shape index (κ2) is 7.50. The second-order valence-electron chi connectivity index (χ2n) is 5.93. The van der Waals surface area contributed by atoms with Gasteiger partial charge < -0.3 is 5.32 Å². The highest BCUT2D eigenvalue weighted by atomic mass is 32.2. The number of carbonyl (C=O) groups is 1. The van der Waals surface area contributed by atoms with E-state index in [9.17, 15) is 22.0 Å². The number of anilines is 1. The van der Waals surface area contributed by atoms with Gasteiger partial charge >= 0.3 is 0 Å². The van der Waals surface area contributed by atoms with Gasteiger partial charge in [0.05, 0.1) is 23.6 Å². The summed E-state index contributed by atoms with van der Waals surface area (Å²) in [6.45, 7) is 3.26. The number of halogens is 2. The van der Waals surface area contributed by atoms with Gasteiger partial charge in [0.25, 0.3) is 0 Å². The Morgan fingerprint density at radius 2 is 1.92 bits per heavy atom. The molecule has 2 aromatic rings. The molecule has 0 saturated heterocycles. The van der Waals surface area contributed by atoms with Gasteiger partial charge in [0.1, 0.15) is 16.5 Å². The number of aryl methyl sites for hydroxylation is 2. The molecule has 7 nitrogen and oxygen atoms in total. The first-order valence-electron chi connectivity index (χ1n) is 7.75. The van der Waals surface area contributed by atoms with Gasteiger partial charge in [-0.15, -0.1) is 0 Å². The molecule has 0 fully saturated rings. The zero-order valence-corrected chi connectivity index (χ0v) is 15.7. The summed E-state index contributed by atoms with van der Waals surface area (Å²) in [7, 11) is -0.810. The zero-order valence-electron chi connectivity index (χ0n) is 14.9. The molecule has 0 aliphatic heterocycles. The molecule has 10 heteroatoms. The van der Waals surface area contributed by atoms with E-state index < -0.39 is 27.6 Å². The lowest BCUT2D eigenvalue weighted by molar-refractivity contribution is -0.116. The maximum Gasteiger partial charge on any atom is 0.246 e. The predicted molar refractivity (Wildman–Crippen MR) is 92.2 cm³/mol. The SMILES string of the molecule is Cc1nn(CCC(=O)Nc2cc(F)ccc2F)c(C)c1S(=O)(=O)N(C)C. The molecular weight excluding hydrogens is 366 g/mol. The van der Waals surface area contributed by atoms with Crippen LogP contribution >= 0.6 is 0 Å². The van der Waals surface area contributed by atoms with Crippen molar-refractivity contribution in [2.24, 2.45) is 0 Å². The Hall–Kier alpha value is -2.33. The Bertz CT molecular complexity index is 939. The van der Waals surface area contributed by atoms with Gasteiger partial charge in [0, 0.05) is 26.6 Å². The number of rotatable bonds is 6. The van der Waals surface area contributed by atoms with Gasteiger partial charge in [-0.25, -0.2) is 21.5 Å². The van der Waals surface area contributed by atoms with Crippen molar-refractivity contribution in [2.45, 2.75) is 31.7 Å². The molecular formula is C16H20F2N4O3S. The molecule has 0 aliphatic carbocycles. The standard InChI is InChI=1S/C16H20F2N4O3S/c1-10-16(26(24,25)21(3)4)11(2)22(20-10)8-7-15(23)19-14-9-12(17)5-6-13(14)18/h5-6,9H,7-8H2,1-4H3,(H,19,23). The lowest BCUT2D eigenvalue weighted by atomic mass is 10.3. The van der Waals surface area contributed by atoms with Crippen LogP contribution in [0.2, 0.25) is 0 Å². The molecule has 1 aromatic heterocycles. The van der Waals surface area contributed by atoms with Crippen molar-refractivity contribution < 1.29 is 22.0 Å². The molecule has 0 unspecified atom stereocenters. The molecule has 1 heterocycles. The number of benzene rings is 1. The molecule has 1 aromatic carbocycles. The van der Waals surface area contributed by atoms with E-state index in [4.69, 9.17) is 0 Å². The minimum absolute atomic E-state index is 0.0840. The van der Waals surface area contributed by atoms with Crippen LogP contribution in [0.25, 0.3) is 0 Å². The summed E-state index contributed by atoms with van der Waals surface area (Å²) in [6.07, 6.45) is -0.0840. The van der Waals surface area contributed by atoms with Crippen molar-refractivity contribution in [1.29, 1.82) is 0 Å². The van der Waals surface area contributed by atoms with E-state index >= 15 is 0 Å². The molecule has 0 saturated carbocycles. The molecule has 0 spiro atoms. The number of hydrogen-bond acceptors (Lipinski definition) is 4. The van der Waals surface area contributed by atoms with Crippen LogP contribution in [0.5, 0.6) is 0 Å². The summed E-state index contributed by atoms with van der Waals surface area (Å²) in [4.78, 5) is 12.1. The van der Waals surface area contributed by atoms with Crippen LogP contribution in [0, 0.1) is 25.5 Å². The molecule has 26 heavy (non-hydrogen) atoms. The van der Waals surface area contributed by atoms with Crippen LogP contribution in [-0.2, 0) is 21.4 Å². The number of sulfonamides is 1. The summed E-state index contributed by atoms with van der Waals surface area (Å²) in [5.41, 5.74) is 0.480. The highest BCUT2D eigenvalue weighted by molar-refractivity contribution is 7.89. The third-order valence-corrected chi connectivity index (χ3v) is 5.88. The third-order valence-electron chi connectivity index (χ3n) is 3.81. The van der Waals surface area contributed by atoms with Crippen LogP contribution in [0.15, 0.2) is 23.1 Å². The Morgan fingerprint density at radius 3 is 2.54 bits per heavy atom. The summed E-state index contributed by atoms with van der Waals surface area (Å²) in [5.74, 6) is -1.96. The van der Waals surface area contributed by atoms with E-state index in [0.717, 1.165) is 22.5 Å². The Morgan fingerprint density at radius 1 is 1.27 bits per heavy atom. The van der Waals surface area contributed by atoms with Crippen LogP contribution in [0.4, 0.5) is 14.5 Å². The average Bonchev–Trinajstić information content (AvgIpc) is 2.83. The van der Waals surface area contributed by atoms with Crippen molar-refractivity contribution in [3.05, 3.63) is 41.2 Å². The summed E-state index contributed by atoms with van der Waals surface area (Å²) in [6, 6.07) is 2.76. The van der Waals surface area contributed by atoms with Crippen molar-refractivity contribution >= 4 is 21.6 Å². The number of aromatic nitrogens is 2. The first-order chi connectivity index (χ1) is 12.0. The number of amides is 1. The van der Waals surface area contributed by atoms with Gasteiger partial charge in [0.2, 0.25) is 15.9 Å². The normalized spacial score (nSPS) is 11.8. The fourth-order valence-corrected chi connectivity index (χ4v) is 3.73. The molecule has 0 radical (unpaired) electrons. The lowest BCUT2D eigenvalue weighted by Crippen LogP contribution is -2.23. The Labute approximate surface area is 150 Å². The molecule has 0 aliphatic rings. The number of hydrogen-bond donors (Lipinski definition) is 1. The van der Waals surface area contributed by atoms with Crippen LogP contribution in [-0.4, -0.2) is 42.5 Å². The minimum Gasteiger partial charge on any atom is -0.323 e. The Kier molecular flexibility index (Phi) is 5.77. The molecule has 0 atom stereocenters. The van der Waals surface area contributed by atoms with E-state index in [2.05, 4.69) is 10.4 Å². The highest BCUT2D eigenvalue weighted by Crippen LogP contribution is 2.22. The minimum atomic E-state index is -3.66. The van der Waals surface area contributed by atoms with Gasteiger partial charge in [-0.1, -0.05) is 0 Å². The first kappa shape index (κ1) is 20.0. The fraction of sp³-hybridized carbons (Fsp3) is 0.375. The lowest BCUT2D eigenvalue weighted by Gasteiger charge is -2.12. The van der Waals surface area contributed by atoms with Crippen LogP contribution < -0.4 is 5.32 Å². The third kappa shape index (κ3) is 4.07. The summed E-state index contributed by atoms with van der Waals surface area (Å²) in [5, 5.41) is 6.46. The van der Waals surface area contributed by atoms with E-state index in [-0.39, 0.29) is 23.5 Å². The predicted octanol–water partition coefficient (Wildman–Crippen LogP) is 2.06. The quantitative estimate of drug-likeness (QED) is 0.824. The van der Waals surface area contributed by atoms with Gasteiger partial charge in [0.15, 0.2) is 0 Å². The fourth-order valence-electron chi connectivity index (χ4n) is 2.47. The second-order valence-corrected chi connectivity index (χ2v) is 8.02. The monoisotopic (exact) mass is 386 g/mol. The first-order valence-corrected chi connectivity index (χ1v) is 9.19. The van der Waals surface area contributed by atoms with E-state index in [0.29, 0.717) is 11.4 Å². The van der Waals surface area contributed by atoms with Crippen molar-refractivity contribution in [3.63, 3.8) is 0 Å². The molecule has 1 N–H and O–H groups in total. The van der Waals surface area contributed by atoms with Crippen molar-refractivity contribution in [1.82, 2.24) is 14.1 Å². The van der Waals surface area contributed by atoms with E-state index in [1.165, 1.54) is 18.8 Å². The van der Waals surface area contributed by atoms with Gasteiger partial charge in [-0.2, -0.15) is 5.10 Å². The number of carbonyl (C=O) groups excluding carboxylic acids is 1. The van der Waals surface area contributed by atoms with Crippen LogP contribution in [0.1, 0.15) is 17.8 Å². The van der Waals surface area contributed by atoms with Gasteiger partial charge in [-0.3, -0.25) is 9.48 Å². The smallest absolute Gasteiger partial charge is 0.246 e. The largest absolute Gasteiger partial charge is 0.323 e. The molecule has 142 valence electrons. The maximum absolute atomic E-state index is 13.6. The summed E-state index contributed by atoms with van der Waals surface area (Å²) >= 11 is 0. The number of nitrogens with one attached hydrogen (secondary N) is 1. The highest BCUT2D eigenvalue weighted by Gasteiger charge is 2.26. The molecule has 0 bridgehead atoms. The van der Waals surface area contributed by atoms with Crippen molar-refractivity contribution in [3.8, 4) is 0 Å².